The lowest BCUT2D eigenvalue weighted by Gasteiger charge is -2.11. The van der Waals surface area contributed by atoms with Crippen molar-refractivity contribution in [3.05, 3.63) is 21.4 Å². The molecular formula is C18H26N2O4S. The number of nitrogens with one attached hydrogen (secondary N) is 2. The van der Waals surface area contributed by atoms with Crippen LogP contribution in [0.2, 0.25) is 0 Å². The van der Waals surface area contributed by atoms with Crippen LogP contribution in [0.5, 0.6) is 0 Å². The highest BCUT2D eigenvalue weighted by Crippen LogP contribution is 2.28. The maximum atomic E-state index is 12.2. The van der Waals surface area contributed by atoms with Crippen LogP contribution in [0.3, 0.4) is 0 Å². The van der Waals surface area contributed by atoms with Crippen molar-refractivity contribution in [3.63, 3.8) is 0 Å². The predicted octanol–water partition coefficient (Wildman–Crippen LogP) is 3.19. The molecule has 1 aliphatic rings. The maximum absolute atomic E-state index is 12.2. The number of fused-ring (bicyclic) bond motifs is 1. The smallest absolute Gasteiger partial charge is 0.348 e. The Kier molecular flexibility index (Phi) is 7.43. The standard InChI is InChI=1S/C18H26N2O4S/c1-3-12(2)19-18(23)20-16(21)11-24-17(22)15-10-13-8-6-4-5-7-9-14(13)25-15/h10,12H,3-9,11H2,1-2H3,(H2,19,20,21,23)/t12-/m1/s1. The summed E-state index contributed by atoms with van der Waals surface area (Å²) in [6.45, 7) is 3.31. The Hall–Kier alpha value is -1.89. The molecule has 0 radical (unpaired) electrons. The van der Waals surface area contributed by atoms with Crippen LogP contribution in [-0.4, -0.2) is 30.6 Å². The second kappa shape index (κ2) is 9.56. The lowest BCUT2D eigenvalue weighted by Crippen LogP contribution is -2.44. The van der Waals surface area contributed by atoms with Crippen molar-refractivity contribution in [1.29, 1.82) is 0 Å². The second-order valence-electron chi connectivity index (χ2n) is 6.38. The zero-order chi connectivity index (χ0) is 18.2. The summed E-state index contributed by atoms with van der Waals surface area (Å²) in [6, 6.07) is 1.29. The molecule has 0 spiro atoms. The third-order valence-electron chi connectivity index (χ3n) is 4.27. The van der Waals surface area contributed by atoms with E-state index in [1.165, 1.54) is 34.6 Å². The van der Waals surface area contributed by atoms with Gasteiger partial charge in [0.15, 0.2) is 6.61 Å². The molecule has 0 aliphatic heterocycles. The van der Waals surface area contributed by atoms with Crippen LogP contribution in [0.15, 0.2) is 6.07 Å². The lowest BCUT2D eigenvalue weighted by atomic mass is 10.00. The first-order chi connectivity index (χ1) is 12.0. The first kappa shape index (κ1) is 19.4. The van der Waals surface area contributed by atoms with Gasteiger partial charge in [-0.2, -0.15) is 0 Å². The number of rotatable bonds is 5. The van der Waals surface area contributed by atoms with E-state index in [0.717, 1.165) is 32.1 Å². The van der Waals surface area contributed by atoms with Crippen LogP contribution in [0.25, 0.3) is 0 Å². The number of urea groups is 1. The summed E-state index contributed by atoms with van der Waals surface area (Å²) in [5.41, 5.74) is 1.23. The van der Waals surface area contributed by atoms with Crippen molar-refractivity contribution in [2.45, 2.75) is 64.8 Å². The van der Waals surface area contributed by atoms with Gasteiger partial charge in [0.05, 0.1) is 0 Å². The third kappa shape index (κ3) is 6.16. The Bertz CT molecular complexity index is 601. The number of aryl methyl sites for hydroxylation is 2. The van der Waals surface area contributed by atoms with E-state index in [4.69, 9.17) is 4.74 Å². The maximum Gasteiger partial charge on any atom is 0.348 e. The second-order valence-corrected chi connectivity index (χ2v) is 7.52. The molecular weight excluding hydrogens is 340 g/mol. The van der Waals surface area contributed by atoms with Gasteiger partial charge < -0.3 is 10.1 Å². The zero-order valence-electron chi connectivity index (χ0n) is 14.9. The fourth-order valence-corrected chi connectivity index (χ4v) is 3.82. The Morgan fingerprint density at radius 2 is 1.92 bits per heavy atom. The van der Waals surface area contributed by atoms with Crippen LogP contribution < -0.4 is 10.6 Å². The summed E-state index contributed by atoms with van der Waals surface area (Å²) >= 11 is 1.46. The summed E-state index contributed by atoms with van der Waals surface area (Å²) in [4.78, 5) is 37.2. The zero-order valence-corrected chi connectivity index (χ0v) is 15.7. The van der Waals surface area contributed by atoms with E-state index in [-0.39, 0.29) is 6.04 Å². The molecule has 1 aromatic heterocycles. The Labute approximate surface area is 152 Å². The van der Waals surface area contributed by atoms with Crippen molar-refractivity contribution in [2.24, 2.45) is 0 Å². The Morgan fingerprint density at radius 3 is 2.64 bits per heavy atom. The molecule has 2 N–H and O–H groups in total. The number of ether oxygens (including phenoxy) is 1. The van der Waals surface area contributed by atoms with Gasteiger partial charge in [-0.3, -0.25) is 10.1 Å². The number of thiophene rings is 1. The van der Waals surface area contributed by atoms with Crippen molar-refractivity contribution < 1.29 is 19.1 Å². The molecule has 1 heterocycles. The van der Waals surface area contributed by atoms with Gasteiger partial charge in [-0.25, -0.2) is 9.59 Å². The molecule has 6 nitrogen and oxygen atoms in total. The minimum atomic E-state index is -0.635. The SMILES string of the molecule is CC[C@@H](C)NC(=O)NC(=O)COC(=O)c1cc2c(s1)CCCCCC2. The normalized spacial score (nSPS) is 15.3. The number of amides is 3. The molecule has 7 heteroatoms. The fraction of sp³-hybridized carbons (Fsp3) is 0.611. The third-order valence-corrected chi connectivity index (χ3v) is 5.49. The molecule has 0 bridgehead atoms. The number of hydrogen-bond donors (Lipinski definition) is 2. The van der Waals surface area contributed by atoms with Gasteiger partial charge in [-0.1, -0.05) is 19.8 Å². The van der Waals surface area contributed by atoms with E-state index in [1.54, 1.807) is 0 Å². The highest BCUT2D eigenvalue weighted by molar-refractivity contribution is 7.14. The summed E-state index contributed by atoms with van der Waals surface area (Å²) in [5.74, 6) is -1.14. The molecule has 0 unspecified atom stereocenters. The monoisotopic (exact) mass is 366 g/mol. The van der Waals surface area contributed by atoms with Crippen LogP contribution in [0, 0.1) is 0 Å². The van der Waals surface area contributed by atoms with Gasteiger partial charge in [-0.05, 0) is 50.7 Å². The molecule has 1 atom stereocenters. The van der Waals surface area contributed by atoms with Crippen LogP contribution in [0.4, 0.5) is 4.79 Å². The first-order valence-electron chi connectivity index (χ1n) is 8.88. The molecule has 138 valence electrons. The topological polar surface area (TPSA) is 84.5 Å². The summed E-state index contributed by atoms with van der Waals surface area (Å²) in [6.07, 6.45) is 7.52. The summed E-state index contributed by atoms with van der Waals surface area (Å²) in [5, 5.41) is 4.77. The van der Waals surface area contributed by atoms with Crippen molar-refractivity contribution >= 4 is 29.2 Å². The summed E-state index contributed by atoms with van der Waals surface area (Å²) in [7, 11) is 0. The Balaban J connectivity index is 1.82. The minimum Gasteiger partial charge on any atom is -0.451 e. The predicted molar refractivity (Wildman–Crippen MR) is 96.9 cm³/mol. The van der Waals surface area contributed by atoms with Gasteiger partial charge in [0.1, 0.15) is 4.88 Å². The number of imide groups is 1. The molecule has 2 rings (SSSR count). The van der Waals surface area contributed by atoms with Crippen LogP contribution in [-0.2, 0) is 22.4 Å². The first-order valence-corrected chi connectivity index (χ1v) is 9.70. The average molecular weight is 366 g/mol. The highest BCUT2D eigenvalue weighted by atomic mass is 32.1. The van der Waals surface area contributed by atoms with Crippen molar-refractivity contribution in [1.82, 2.24) is 10.6 Å². The number of hydrogen-bond acceptors (Lipinski definition) is 5. The molecule has 3 amide bonds. The summed E-state index contributed by atoms with van der Waals surface area (Å²) < 4.78 is 5.04. The van der Waals surface area contributed by atoms with Gasteiger partial charge in [0.2, 0.25) is 0 Å². The van der Waals surface area contributed by atoms with Crippen LogP contribution in [0.1, 0.15) is 66.1 Å². The largest absolute Gasteiger partial charge is 0.451 e. The molecule has 1 aromatic rings. The van der Waals surface area contributed by atoms with E-state index < -0.39 is 24.5 Å². The average Bonchev–Trinajstić information content (AvgIpc) is 2.94. The number of esters is 1. The fourth-order valence-electron chi connectivity index (χ4n) is 2.67. The highest BCUT2D eigenvalue weighted by Gasteiger charge is 2.18. The van der Waals surface area contributed by atoms with Gasteiger partial charge in [0.25, 0.3) is 5.91 Å². The molecule has 1 aliphatic carbocycles. The van der Waals surface area contributed by atoms with Crippen molar-refractivity contribution in [2.75, 3.05) is 6.61 Å². The van der Waals surface area contributed by atoms with E-state index in [2.05, 4.69) is 10.6 Å². The van der Waals surface area contributed by atoms with E-state index >= 15 is 0 Å². The Morgan fingerprint density at radius 1 is 1.20 bits per heavy atom. The van der Waals surface area contributed by atoms with E-state index in [1.807, 2.05) is 19.9 Å². The van der Waals surface area contributed by atoms with Gasteiger partial charge in [0, 0.05) is 10.9 Å². The van der Waals surface area contributed by atoms with Gasteiger partial charge >= 0.3 is 12.0 Å². The molecule has 25 heavy (non-hydrogen) atoms. The van der Waals surface area contributed by atoms with Crippen molar-refractivity contribution in [3.8, 4) is 0 Å². The molecule has 0 saturated carbocycles. The molecule has 0 fully saturated rings. The number of carbonyl (C=O) groups is 3. The van der Waals surface area contributed by atoms with Gasteiger partial charge in [-0.15, -0.1) is 11.3 Å². The number of carbonyl (C=O) groups excluding carboxylic acids is 3. The van der Waals surface area contributed by atoms with E-state index in [0.29, 0.717) is 4.88 Å². The minimum absolute atomic E-state index is 0.0269. The molecule has 0 aromatic carbocycles. The lowest BCUT2D eigenvalue weighted by molar-refractivity contribution is -0.123. The van der Waals surface area contributed by atoms with E-state index in [9.17, 15) is 14.4 Å². The molecule has 0 saturated heterocycles. The van der Waals surface area contributed by atoms with Crippen LogP contribution >= 0.6 is 11.3 Å². The quantitative estimate of drug-likeness (QED) is 0.784.